The number of benzene rings is 2. The zero-order chi connectivity index (χ0) is 17.4. The molecule has 1 aliphatic heterocycles. The average molecular weight is 334 g/mol. The Morgan fingerprint density at radius 2 is 2.04 bits per heavy atom. The first-order valence-electron chi connectivity index (χ1n) is 8.44. The number of nitrogens with one attached hydrogen (secondary N) is 1. The van der Waals surface area contributed by atoms with E-state index in [1.165, 1.54) is 6.07 Å². The van der Waals surface area contributed by atoms with E-state index in [4.69, 9.17) is 0 Å². The van der Waals surface area contributed by atoms with E-state index >= 15 is 0 Å². The van der Waals surface area contributed by atoms with Gasteiger partial charge >= 0.3 is 0 Å². The molecule has 0 atom stereocenters. The number of hydrogen-bond donors (Lipinski definition) is 1. The summed E-state index contributed by atoms with van der Waals surface area (Å²) in [7, 11) is 0. The fourth-order valence-corrected chi connectivity index (χ4v) is 3.44. The molecule has 3 aromatic rings. The summed E-state index contributed by atoms with van der Waals surface area (Å²) in [4.78, 5) is 17.8. The summed E-state index contributed by atoms with van der Waals surface area (Å²) in [5.41, 5.74) is 4.86. The Labute approximate surface area is 145 Å². The second-order valence-corrected chi connectivity index (χ2v) is 6.44. The van der Waals surface area contributed by atoms with Gasteiger partial charge in [0.25, 0.3) is 5.91 Å². The molecule has 2 heterocycles. The van der Waals surface area contributed by atoms with Crippen molar-refractivity contribution in [1.29, 1.82) is 0 Å². The van der Waals surface area contributed by atoms with Crippen molar-refractivity contribution in [3.63, 3.8) is 0 Å². The fraction of sp³-hybridized carbons (Fsp3) is 0.190. The molecule has 4 rings (SSSR count). The van der Waals surface area contributed by atoms with Gasteiger partial charge in [-0.2, -0.15) is 0 Å². The molecule has 0 unspecified atom stereocenters. The Bertz CT molecular complexity index is 986. The van der Waals surface area contributed by atoms with Gasteiger partial charge in [0.05, 0.1) is 0 Å². The number of fused-ring (bicyclic) bond motifs is 1. The molecule has 2 aromatic carbocycles. The molecule has 25 heavy (non-hydrogen) atoms. The average Bonchev–Trinajstić information content (AvgIpc) is 3.05. The van der Waals surface area contributed by atoms with Crippen LogP contribution in [0.3, 0.4) is 0 Å². The van der Waals surface area contributed by atoms with Gasteiger partial charge in [-0.3, -0.25) is 4.79 Å². The van der Waals surface area contributed by atoms with Crippen LogP contribution in [0.1, 0.15) is 27.9 Å². The second-order valence-electron chi connectivity index (χ2n) is 6.44. The van der Waals surface area contributed by atoms with Crippen molar-refractivity contribution in [3.8, 4) is 0 Å². The minimum Gasteiger partial charge on any atom is -0.361 e. The Kier molecular flexibility index (Phi) is 3.88. The molecule has 1 aliphatic rings. The number of amides is 1. The van der Waals surface area contributed by atoms with Crippen LogP contribution in [0, 0.1) is 12.7 Å². The highest BCUT2D eigenvalue weighted by molar-refractivity contribution is 5.97. The predicted molar refractivity (Wildman–Crippen MR) is 97.9 cm³/mol. The van der Waals surface area contributed by atoms with Gasteiger partial charge in [-0.25, -0.2) is 4.39 Å². The predicted octanol–water partition coefficient (Wildman–Crippen LogP) is 4.54. The lowest BCUT2D eigenvalue weighted by Gasteiger charge is -2.27. The molecular formula is C21H19FN2O. The molecule has 4 heteroatoms. The normalized spacial score (nSPS) is 14.6. The highest BCUT2D eigenvalue weighted by Gasteiger charge is 2.21. The number of carbonyl (C=O) groups is 1. The maximum absolute atomic E-state index is 13.6. The van der Waals surface area contributed by atoms with Gasteiger partial charge < -0.3 is 9.88 Å². The summed E-state index contributed by atoms with van der Waals surface area (Å²) < 4.78 is 13.6. The zero-order valence-corrected chi connectivity index (χ0v) is 14.1. The molecule has 1 aromatic heterocycles. The molecular weight excluding hydrogens is 315 g/mol. The van der Waals surface area contributed by atoms with Gasteiger partial charge in [0.15, 0.2) is 0 Å². The van der Waals surface area contributed by atoms with Crippen LogP contribution in [0.4, 0.5) is 4.39 Å². The molecule has 0 spiro atoms. The smallest absolute Gasteiger partial charge is 0.254 e. The van der Waals surface area contributed by atoms with E-state index in [0.29, 0.717) is 13.1 Å². The third-order valence-corrected chi connectivity index (χ3v) is 4.86. The summed E-state index contributed by atoms with van der Waals surface area (Å²) >= 11 is 0. The van der Waals surface area contributed by atoms with E-state index < -0.39 is 0 Å². The first-order chi connectivity index (χ1) is 12.1. The standard InChI is InChI=1S/C21H19FN2O/c1-14-4-2-3-5-17(14)21(25)24-10-8-15(9-11-24)19-13-23-20-7-6-16(22)12-18(19)20/h2-8,12-13,23H,9-11H2,1H3. The number of carbonyl (C=O) groups excluding carboxylic acids is 1. The number of H-pyrrole nitrogens is 1. The van der Waals surface area contributed by atoms with Gasteiger partial charge in [0, 0.05) is 41.3 Å². The zero-order valence-electron chi connectivity index (χ0n) is 14.1. The van der Waals surface area contributed by atoms with Crippen molar-refractivity contribution in [2.75, 3.05) is 13.1 Å². The van der Waals surface area contributed by atoms with E-state index in [9.17, 15) is 9.18 Å². The molecule has 1 N–H and O–H groups in total. The minimum absolute atomic E-state index is 0.0679. The molecule has 1 amide bonds. The third kappa shape index (κ3) is 2.84. The van der Waals surface area contributed by atoms with Crippen molar-refractivity contribution >= 4 is 22.4 Å². The molecule has 0 fully saturated rings. The first kappa shape index (κ1) is 15.6. The van der Waals surface area contributed by atoms with Crippen LogP contribution in [-0.2, 0) is 0 Å². The Morgan fingerprint density at radius 3 is 2.80 bits per heavy atom. The van der Waals surface area contributed by atoms with Crippen LogP contribution in [0.5, 0.6) is 0 Å². The molecule has 0 bridgehead atoms. The number of aromatic nitrogens is 1. The van der Waals surface area contributed by atoms with Crippen molar-refractivity contribution in [1.82, 2.24) is 9.88 Å². The summed E-state index contributed by atoms with van der Waals surface area (Å²) in [6.45, 7) is 3.20. The van der Waals surface area contributed by atoms with Crippen LogP contribution >= 0.6 is 0 Å². The van der Waals surface area contributed by atoms with E-state index in [-0.39, 0.29) is 11.7 Å². The highest BCUT2D eigenvalue weighted by atomic mass is 19.1. The van der Waals surface area contributed by atoms with Crippen molar-refractivity contribution in [2.45, 2.75) is 13.3 Å². The van der Waals surface area contributed by atoms with Crippen molar-refractivity contribution in [2.24, 2.45) is 0 Å². The summed E-state index contributed by atoms with van der Waals surface area (Å²) in [6.07, 6.45) is 4.77. The van der Waals surface area contributed by atoms with E-state index in [2.05, 4.69) is 11.1 Å². The van der Waals surface area contributed by atoms with E-state index in [1.54, 1.807) is 12.1 Å². The SMILES string of the molecule is Cc1ccccc1C(=O)N1CC=C(c2c[nH]c3ccc(F)cc23)CC1. The maximum atomic E-state index is 13.6. The number of rotatable bonds is 2. The number of halogens is 1. The lowest BCUT2D eigenvalue weighted by molar-refractivity contribution is 0.0772. The second kappa shape index (κ2) is 6.20. The maximum Gasteiger partial charge on any atom is 0.254 e. The Morgan fingerprint density at radius 1 is 1.20 bits per heavy atom. The topological polar surface area (TPSA) is 36.1 Å². The monoisotopic (exact) mass is 334 g/mol. The van der Waals surface area contributed by atoms with Crippen LogP contribution in [0.25, 0.3) is 16.5 Å². The van der Waals surface area contributed by atoms with Crippen LogP contribution in [0.15, 0.2) is 54.7 Å². The quantitative estimate of drug-likeness (QED) is 0.733. The van der Waals surface area contributed by atoms with E-state index in [0.717, 1.165) is 39.6 Å². The number of aromatic amines is 1. The molecule has 0 aliphatic carbocycles. The first-order valence-corrected chi connectivity index (χ1v) is 8.44. The highest BCUT2D eigenvalue weighted by Crippen LogP contribution is 2.30. The van der Waals surface area contributed by atoms with Crippen molar-refractivity contribution < 1.29 is 9.18 Å². The molecule has 0 saturated heterocycles. The number of hydrogen-bond acceptors (Lipinski definition) is 1. The molecule has 0 saturated carbocycles. The number of nitrogens with zero attached hydrogens (tertiary/aromatic N) is 1. The summed E-state index contributed by atoms with van der Waals surface area (Å²) in [6, 6.07) is 12.4. The van der Waals surface area contributed by atoms with Gasteiger partial charge in [-0.05, 0) is 48.7 Å². The van der Waals surface area contributed by atoms with Crippen LogP contribution in [0.2, 0.25) is 0 Å². The van der Waals surface area contributed by atoms with Crippen LogP contribution < -0.4 is 0 Å². The molecule has 0 radical (unpaired) electrons. The van der Waals surface area contributed by atoms with Crippen LogP contribution in [-0.4, -0.2) is 28.9 Å². The minimum atomic E-state index is -0.235. The van der Waals surface area contributed by atoms with E-state index in [1.807, 2.05) is 42.3 Å². The van der Waals surface area contributed by atoms with Crippen molar-refractivity contribution in [3.05, 3.63) is 77.2 Å². The summed E-state index contributed by atoms with van der Waals surface area (Å²) in [5.74, 6) is -0.167. The Hall–Kier alpha value is -2.88. The largest absolute Gasteiger partial charge is 0.361 e. The molecule has 3 nitrogen and oxygen atoms in total. The van der Waals surface area contributed by atoms with Gasteiger partial charge in [-0.15, -0.1) is 0 Å². The van der Waals surface area contributed by atoms with Gasteiger partial charge in [0.2, 0.25) is 0 Å². The fourth-order valence-electron chi connectivity index (χ4n) is 3.44. The number of aryl methyl sites for hydroxylation is 1. The lowest BCUT2D eigenvalue weighted by atomic mass is 9.98. The third-order valence-electron chi connectivity index (χ3n) is 4.86. The molecule has 126 valence electrons. The van der Waals surface area contributed by atoms with Gasteiger partial charge in [0.1, 0.15) is 5.82 Å². The van der Waals surface area contributed by atoms with Gasteiger partial charge in [-0.1, -0.05) is 24.3 Å². The Balaban J connectivity index is 1.59. The summed E-state index contributed by atoms with van der Waals surface area (Å²) in [5, 5.41) is 0.893. The lowest BCUT2D eigenvalue weighted by Crippen LogP contribution is -2.35.